The summed E-state index contributed by atoms with van der Waals surface area (Å²) in [6.45, 7) is 9.53. The van der Waals surface area contributed by atoms with Crippen LogP contribution in [0.5, 0.6) is 0 Å². The van der Waals surface area contributed by atoms with Crippen LogP contribution in [-0.4, -0.2) is 35.1 Å². The van der Waals surface area contributed by atoms with E-state index in [9.17, 15) is 0 Å². The molecule has 0 bridgehead atoms. The van der Waals surface area contributed by atoms with Crippen molar-refractivity contribution < 1.29 is 14.0 Å². The molecular weight excluding hydrogens is 231 g/mol. The van der Waals surface area contributed by atoms with E-state index in [4.69, 9.17) is 14.0 Å². The smallest absolute Gasteiger partial charge is 0.398 e. The zero-order chi connectivity index (χ0) is 13.0. The minimum atomic E-state index is -0.357. The average Bonchev–Trinajstić information content (AvgIpc) is 2.78. The normalized spacial score (nSPS) is 25.2. The molecule has 0 aromatic carbocycles. The van der Waals surface area contributed by atoms with Crippen LogP contribution in [0.3, 0.4) is 0 Å². The lowest BCUT2D eigenvalue weighted by atomic mass is 9.80. The van der Waals surface area contributed by atoms with Crippen LogP contribution in [0.25, 0.3) is 0 Å². The van der Waals surface area contributed by atoms with E-state index < -0.39 is 0 Å². The Balaban J connectivity index is 1.91. The lowest BCUT2D eigenvalue weighted by molar-refractivity contribution is 0.00578. The summed E-state index contributed by atoms with van der Waals surface area (Å²) in [5, 5.41) is 7.34. The molecule has 1 N–H and O–H groups in total. The Morgan fingerprint density at radius 1 is 1.17 bits per heavy atom. The Hall–Kier alpha value is -0.845. The molecule has 1 aromatic rings. The monoisotopic (exact) mass is 250 g/mol. The molecule has 1 fully saturated rings. The summed E-state index contributed by atoms with van der Waals surface area (Å²) in [6, 6.07) is 0. The maximum atomic E-state index is 6.04. The summed E-state index contributed by atoms with van der Waals surface area (Å²) >= 11 is 0. The lowest BCUT2D eigenvalue weighted by Crippen LogP contribution is -2.41. The van der Waals surface area contributed by atoms with Gasteiger partial charge in [-0.1, -0.05) is 0 Å². The third kappa shape index (κ3) is 1.71. The second-order valence-corrected chi connectivity index (χ2v) is 5.95. The first kappa shape index (κ1) is 12.2. The second-order valence-electron chi connectivity index (χ2n) is 5.95. The Morgan fingerprint density at radius 3 is 2.50 bits per heavy atom. The highest BCUT2D eigenvalue weighted by atomic mass is 16.7. The van der Waals surface area contributed by atoms with Gasteiger partial charge in [-0.2, -0.15) is 5.10 Å². The number of nitrogens with zero attached hydrogens (tertiary/aromatic N) is 1. The lowest BCUT2D eigenvalue weighted by Gasteiger charge is -2.32. The molecule has 2 aliphatic rings. The Morgan fingerprint density at radius 2 is 1.83 bits per heavy atom. The summed E-state index contributed by atoms with van der Waals surface area (Å²) in [4.78, 5) is 0. The first-order valence-electron chi connectivity index (χ1n) is 6.40. The van der Waals surface area contributed by atoms with E-state index in [2.05, 4.69) is 37.9 Å². The van der Waals surface area contributed by atoms with Gasteiger partial charge in [0, 0.05) is 0 Å². The summed E-state index contributed by atoms with van der Waals surface area (Å²) in [7, 11) is -0.357. The zero-order valence-electron chi connectivity index (χ0n) is 11.4. The van der Waals surface area contributed by atoms with E-state index in [-0.39, 0.29) is 18.3 Å². The Labute approximate surface area is 107 Å². The van der Waals surface area contributed by atoms with Gasteiger partial charge in [-0.25, -0.2) is 0 Å². The van der Waals surface area contributed by atoms with Gasteiger partial charge in [0.1, 0.15) is 0 Å². The number of hydrogen-bond acceptors (Lipinski definition) is 4. The molecule has 2 aliphatic heterocycles. The summed E-state index contributed by atoms with van der Waals surface area (Å²) < 4.78 is 17.5. The fourth-order valence-electron chi connectivity index (χ4n) is 2.32. The molecule has 6 heteroatoms. The van der Waals surface area contributed by atoms with Gasteiger partial charge in [0.05, 0.1) is 35.7 Å². The predicted octanol–water partition coefficient (Wildman–Crippen LogP) is 0.782. The van der Waals surface area contributed by atoms with Gasteiger partial charge in [-0.15, -0.1) is 0 Å². The fourth-order valence-corrected chi connectivity index (χ4v) is 2.32. The average molecular weight is 250 g/mol. The SMILES string of the molecule is CC1(C)OB(c2[nH]nc3c2CCOC3)OC1(C)C. The van der Waals surface area contributed by atoms with Gasteiger partial charge in [-0.05, 0) is 39.7 Å². The van der Waals surface area contributed by atoms with Crippen LogP contribution in [0, 0.1) is 0 Å². The van der Waals surface area contributed by atoms with E-state index in [1.165, 1.54) is 5.56 Å². The fraction of sp³-hybridized carbons (Fsp3) is 0.750. The number of H-pyrrole nitrogens is 1. The maximum absolute atomic E-state index is 6.04. The van der Waals surface area contributed by atoms with Crippen molar-refractivity contribution in [2.45, 2.75) is 51.9 Å². The van der Waals surface area contributed by atoms with E-state index in [0.717, 1.165) is 24.3 Å². The van der Waals surface area contributed by atoms with E-state index in [0.29, 0.717) is 6.61 Å². The summed E-state index contributed by atoms with van der Waals surface area (Å²) in [5.41, 5.74) is 2.49. The second kappa shape index (κ2) is 3.82. The maximum Gasteiger partial charge on any atom is 0.514 e. The van der Waals surface area contributed by atoms with Gasteiger partial charge in [0.2, 0.25) is 0 Å². The number of fused-ring (bicyclic) bond motifs is 1. The minimum absolute atomic E-state index is 0.319. The predicted molar refractivity (Wildman–Crippen MR) is 67.7 cm³/mol. The van der Waals surface area contributed by atoms with Crippen LogP contribution < -0.4 is 5.59 Å². The van der Waals surface area contributed by atoms with Crippen molar-refractivity contribution in [3.63, 3.8) is 0 Å². The highest BCUT2D eigenvalue weighted by molar-refractivity contribution is 6.61. The Kier molecular flexibility index (Phi) is 2.59. The van der Waals surface area contributed by atoms with Gasteiger partial charge < -0.3 is 14.0 Å². The van der Waals surface area contributed by atoms with Crippen molar-refractivity contribution in [1.82, 2.24) is 10.2 Å². The molecule has 1 aromatic heterocycles. The molecule has 0 unspecified atom stereocenters. The summed E-state index contributed by atoms with van der Waals surface area (Å²) in [6.07, 6.45) is 0.866. The Bertz CT molecular complexity index is 454. The largest absolute Gasteiger partial charge is 0.514 e. The number of hydrogen-bond donors (Lipinski definition) is 1. The molecule has 0 saturated carbocycles. The van der Waals surface area contributed by atoms with Gasteiger partial charge in [-0.3, -0.25) is 5.10 Å². The van der Waals surface area contributed by atoms with Crippen molar-refractivity contribution in [1.29, 1.82) is 0 Å². The van der Waals surface area contributed by atoms with E-state index >= 15 is 0 Å². The van der Waals surface area contributed by atoms with Crippen molar-refractivity contribution in [3.05, 3.63) is 11.3 Å². The number of aromatic amines is 1. The van der Waals surface area contributed by atoms with Crippen molar-refractivity contribution in [2.24, 2.45) is 0 Å². The van der Waals surface area contributed by atoms with Crippen molar-refractivity contribution >= 4 is 12.7 Å². The number of nitrogens with one attached hydrogen (secondary N) is 1. The van der Waals surface area contributed by atoms with Gasteiger partial charge in [0.25, 0.3) is 0 Å². The van der Waals surface area contributed by atoms with Crippen LogP contribution in [0.4, 0.5) is 0 Å². The first-order chi connectivity index (χ1) is 8.41. The molecule has 0 spiro atoms. The topological polar surface area (TPSA) is 56.4 Å². The third-order valence-corrected chi connectivity index (χ3v) is 4.21. The molecule has 0 aliphatic carbocycles. The quantitative estimate of drug-likeness (QED) is 0.748. The first-order valence-corrected chi connectivity index (χ1v) is 6.40. The van der Waals surface area contributed by atoms with Crippen LogP contribution in [-0.2, 0) is 27.1 Å². The summed E-state index contributed by atoms with van der Waals surface area (Å²) in [5.74, 6) is 0. The molecule has 0 radical (unpaired) electrons. The molecule has 0 amide bonds. The zero-order valence-corrected chi connectivity index (χ0v) is 11.4. The van der Waals surface area contributed by atoms with E-state index in [1.54, 1.807) is 0 Å². The van der Waals surface area contributed by atoms with E-state index in [1.807, 2.05) is 0 Å². The molecule has 18 heavy (non-hydrogen) atoms. The molecule has 0 atom stereocenters. The molecule has 98 valence electrons. The van der Waals surface area contributed by atoms with Crippen LogP contribution >= 0.6 is 0 Å². The molecule has 3 rings (SSSR count). The van der Waals surface area contributed by atoms with Crippen LogP contribution in [0.2, 0.25) is 0 Å². The molecular formula is C12H19BN2O3. The standard InChI is InChI=1S/C12H19BN2O3/c1-11(2)12(3,4)18-13(17-11)10-8-5-6-16-7-9(8)14-15-10/h5-7H2,1-4H3,(H,14,15). The van der Waals surface area contributed by atoms with Crippen LogP contribution in [0.1, 0.15) is 39.0 Å². The third-order valence-electron chi connectivity index (χ3n) is 4.21. The van der Waals surface area contributed by atoms with Crippen LogP contribution in [0.15, 0.2) is 0 Å². The highest BCUT2D eigenvalue weighted by Gasteiger charge is 2.53. The minimum Gasteiger partial charge on any atom is -0.398 e. The molecule has 1 saturated heterocycles. The van der Waals surface area contributed by atoms with Gasteiger partial charge in [0.15, 0.2) is 0 Å². The van der Waals surface area contributed by atoms with Crippen molar-refractivity contribution in [2.75, 3.05) is 6.61 Å². The van der Waals surface area contributed by atoms with Gasteiger partial charge >= 0.3 is 7.12 Å². The van der Waals surface area contributed by atoms with Crippen molar-refractivity contribution in [3.8, 4) is 0 Å². The number of ether oxygens (including phenoxy) is 1. The number of rotatable bonds is 1. The molecule has 3 heterocycles. The number of aromatic nitrogens is 2. The highest BCUT2D eigenvalue weighted by Crippen LogP contribution is 2.36. The molecule has 5 nitrogen and oxygen atoms in total.